The molecular weight excluding hydrogens is 620 g/mol. The third-order valence-electron chi connectivity index (χ3n) is 8.60. The highest BCUT2D eigenvalue weighted by Gasteiger charge is 2.15. The molecule has 0 saturated carbocycles. The van der Waals surface area contributed by atoms with Crippen molar-refractivity contribution in [2.45, 2.75) is 33.6 Å². The number of likely N-dealkylation sites (N-methyl/N-ethyl adjacent to an activating group) is 2. The molecule has 6 N–H and O–H groups in total. The first-order valence-electron chi connectivity index (χ1n) is 16.5. The van der Waals surface area contributed by atoms with E-state index in [0.717, 1.165) is 74.9 Å². The Bertz CT molecular complexity index is 1590. The van der Waals surface area contributed by atoms with Crippen LogP contribution in [0.15, 0.2) is 41.8 Å². The fourth-order valence-electron chi connectivity index (χ4n) is 5.19. The van der Waals surface area contributed by atoms with Crippen molar-refractivity contribution in [3.63, 3.8) is 0 Å². The molecule has 0 aromatic carbocycles. The van der Waals surface area contributed by atoms with Crippen LogP contribution in [0, 0.1) is 43.2 Å². The molecule has 5 heterocycles. The highest BCUT2D eigenvalue weighted by atomic mass is 16.6. The summed E-state index contributed by atoms with van der Waals surface area (Å²) in [5.41, 5.74) is 23.3. The predicted octanol–water partition coefficient (Wildman–Crippen LogP) is 2.13. The van der Waals surface area contributed by atoms with E-state index in [4.69, 9.17) is 23.6 Å². The monoisotopic (exact) mass is 672 g/mol. The van der Waals surface area contributed by atoms with Gasteiger partial charge in [-0.25, -0.2) is 4.99 Å². The van der Waals surface area contributed by atoms with Gasteiger partial charge in [-0.05, 0) is 71.0 Å². The molecule has 14 heteroatoms. The molecule has 14 nitrogen and oxygen atoms in total. The van der Waals surface area contributed by atoms with E-state index in [9.17, 15) is 10.1 Å². The molecule has 0 unspecified atom stereocenters. The lowest BCUT2D eigenvalue weighted by atomic mass is 10.1. The lowest BCUT2D eigenvalue weighted by Gasteiger charge is -2.32. The van der Waals surface area contributed by atoms with Crippen LogP contribution in [0.4, 0.5) is 17.1 Å². The van der Waals surface area contributed by atoms with Crippen LogP contribution in [0.3, 0.4) is 0 Å². The fourth-order valence-corrected chi connectivity index (χ4v) is 5.19. The number of aryl methyl sites for hydroxylation is 3. The molecule has 0 radical (unpaired) electrons. The average molecular weight is 673 g/mol. The second kappa shape index (κ2) is 19.4. The van der Waals surface area contributed by atoms with E-state index in [1.54, 1.807) is 6.92 Å². The van der Waals surface area contributed by atoms with Gasteiger partial charge in [0.05, 0.1) is 27.7 Å². The molecular formula is C35H52N12O2. The van der Waals surface area contributed by atoms with Crippen LogP contribution in [0.5, 0.6) is 0 Å². The molecule has 0 spiro atoms. The van der Waals surface area contributed by atoms with Crippen LogP contribution in [-0.4, -0.2) is 125 Å². The third kappa shape index (κ3) is 13.4. The molecule has 2 saturated heterocycles. The minimum Gasteiger partial charge on any atom is -0.397 e. The topological polar surface area (TPSA) is 185 Å². The van der Waals surface area contributed by atoms with Crippen molar-refractivity contribution >= 4 is 23.0 Å². The number of nitrogen functional groups attached to an aromatic ring is 1. The summed E-state index contributed by atoms with van der Waals surface area (Å²) in [4.78, 5) is 36.2. The van der Waals surface area contributed by atoms with Crippen LogP contribution < -0.4 is 17.2 Å². The van der Waals surface area contributed by atoms with Gasteiger partial charge in [0, 0.05) is 95.7 Å². The number of hydrogen-bond acceptors (Lipinski definition) is 11. The summed E-state index contributed by atoms with van der Waals surface area (Å²) in [7, 11) is 4.35. The Morgan fingerprint density at radius 1 is 0.816 bits per heavy atom. The highest BCUT2D eigenvalue weighted by molar-refractivity contribution is 5.79. The van der Waals surface area contributed by atoms with Crippen LogP contribution in [0.1, 0.15) is 33.8 Å². The largest absolute Gasteiger partial charge is 0.397 e. The molecule has 264 valence electrons. The molecule has 49 heavy (non-hydrogen) atoms. The van der Waals surface area contributed by atoms with Gasteiger partial charge in [-0.2, -0.15) is 0 Å². The second-order valence-electron chi connectivity index (χ2n) is 12.5. The van der Waals surface area contributed by atoms with Crippen LogP contribution >= 0.6 is 0 Å². The normalized spacial score (nSPS) is 15.6. The average Bonchev–Trinajstić information content (AvgIpc) is 3.07. The summed E-state index contributed by atoms with van der Waals surface area (Å²) in [6.07, 6.45) is 12.4. The van der Waals surface area contributed by atoms with Crippen molar-refractivity contribution in [3.05, 3.63) is 80.7 Å². The van der Waals surface area contributed by atoms with E-state index in [-0.39, 0.29) is 11.6 Å². The molecule has 2 fully saturated rings. The predicted molar refractivity (Wildman–Crippen MR) is 197 cm³/mol. The number of guanidine groups is 1. The SMILES string of the molecule is C#Cc1cnc(C)c([N+](=O)[O-])c1.Cc1ncc(CCN2CCN(C)CC2)cc1N.Cc1ncc(CCN2CCN(C)CC2)cc1N=C(N)N. The Balaban J connectivity index is 0.000000205. The minimum atomic E-state index is -0.497. The summed E-state index contributed by atoms with van der Waals surface area (Å²) in [6.45, 7) is 16.8. The number of nitrogens with two attached hydrogens (primary N) is 3. The third-order valence-corrected chi connectivity index (χ3v) is 8.60. The Hall–Kier alpha value is -4.68. The maximum atomic E-state index is 10.4. The first kappa shape index (κ1) is 38.8. The van der Waals surface area contributed by atoms with E-state index in [1.165, 1.54) is 49.6 Å². The number of rotatable bonds is 8. The molecule has 2 aliphatic rings. The van der Waals surface area contributed by atoms with Crippen LogP contribution in [-0.2, 0) is 12.8 Å². The highest BCUT2D eigenvalue weighted by Crippen LogP contribution is 2.18. The van der Waals surface area contributed by atoms with E-state index >= 15 is 0 Å². The number of nitro groups is 1. The minimum absolute atomic E-state index is 0.0366. The van der Waals surface area contributed by atoms with Gasteiger partial charge in [0.15, 0.2) is 5.96 Å². The fraction of sp³-hybridized carbons (Fsp3) is 0.486. The van der Waals surface area contributed by atoms with Gasteiger partial charge >= 0.3 is 0 Å². The van der Waals surface area contributed by atoms with Crippen LogP contribution in [0.25, 0.3) is 0 Å². The van der Waals surface area contributed by atoms with Gasteiger partial charge in [0.1, 0.15) is 5.69 Å². The van der Waals surface area contributed by atoms with Crippen molar-refractivity contribution in [2.24, 2.45) is 16.5 Å². The number of anilines is 1. The van der Waals surface area contributed by atoms with E-state index in [1.807, 2.05) is 32.3 Å². The Morgan fingerprint density at radius 2 is 1.31 bits per heavy atom. The molecule has 2 aliphatic heterocycles. The summed E-state index contributed by atoms with van der Waals surface area (Å²) in [6, 6.07) is 5.42. The number of terminal acetylenes is 1. The van der Waals surface area contributed by atoms with E-state index in [2.05, 4.69) is 65.6 Å². The first-order chi connectivity index (χ1) is 23.3. The van der Waals surface area contributed by atoms with Gasteiger partial charge in [0.25, 0.3) is 5.69 Å². The second-order valence-corrected chi connectivity index (χ2v) is 12.5. The van der Waals surface area contributed by atoms with E-state index in [0.29, 0.717) is 11.3 Å². The first-order valence-corrected chi connectivity index (χ1v) is 16.5. The van der Waals surface area contributed by atoms with Crippen molar-refractivity contribution in [1.82, 2.24) is 34.6 Å². The van der Waals surface area contributed by atoms with Crippen LogP contribution in [0.2, 0.25) is 0 Å². The van der Waals surface area contributed by atoms with Gasteiger partial charge in [-0.3, -0.25) is 25.1 Å². The lowest BCUT2D eigenvalue weighted by Crippen LogP contribution is -2.45. The molecule has 0 aliphatic carbocycles. The number of aliphatic imine (C=N–C) groups is 1. The van der Waals surface area contributed by atoms with Crippen molar-refractivity contribution in [1.29, 1.82) is 0 Å². The molecule has 3 aromatic rings. The quantitative estimate of drug-likeness (QED) is 0.104. The summed E-state index contributed by atoms with van der Waals surface area (Å²) in [5.74, 6) is 2.36. The number of nitrogens with zero attached hydrogens (tertiary/aromatic N) is 9. The maximum absolute atomic E-state index is 10.4. The zero-order valence-corrected chi connectivity index (χ0v) is 29.6. The molecule has 0 amide bonds. The number of piperazine rings is 2. The number of pyridine rings is 3. The van der Waals surface area contributed by atoms with Crippen molar-refractivity contribution < 1.29 is 4.92 Å². The summed E-state index contributed by atoms with van der Waals surface area (Å²) in [5, 5.41) is 10.4. The van der Waals surface area contributed by atoms with Gasteiger partial charge in [0.2, 0.25) is 0 Å². The number of aromatic nitrogens is 3. The molecule has 5 rings (SSSR count). The Labute approximate surface area is 290 Å². The zero-order valence-electron chi connectivity index (χ0n) is 29.6. The summed E-state index contributed by atoms with van der Waals surface area (Å²) < 4.78 is 0. The standard InChI is InChI=1S/C14H24N6.C13H22N4.C8H6N2O2/c1-11-13(18-14(15)16)9-12(10-17-11)3-4-20-7-5-19(2)6-8-20;1-11-13(14)9-12(10-15-11)3-4-17-7-5-16(2)6-8-17;1-3-7-4-8(10(11)12)6(2)9-5-7/h9-10H,3-8H2,1-2H3,(H4,15,16,18);9-10H,3-8,14H2,1-2H3;1,4-5H,2H3. The maximum Gasteiger partial charge on any atom is 0.291 e. The lowest BCUT2D eigenvalue weighted by molar-refractivity contribution is -0.385. The number of hydrogen-bond donors (Lipinski definition) is 3. The van der Waals surface area contributed by atoms with Crippen molar-refractivity contribution in [3.8, 4) is 12.3 Å². The van der Waals surface area contributed by atoms with Gasteiger partial charge in [-0.1, -0.05) is 5.92 Å². The Kier molecular flexibility index (Phi) is 15.3. The van der Waals surface area contributed by atoms with Crippen molar-refractivity contribution in [2.75, 3.05) is 85.3 Å². The summed E-state index contributed by atoms with van der Waals surface area (Å²) >= 11 is 0. The molecule has 0 bridgehead atoms. The van der Waals surface area contributed by atoms with E-state index < -0.39 is 4.92 Å². The zero-order chi connectivity index (χ0) is 35.9. The molecule has 3 aromatic heterocycles. The molecule has 0 atom stereocenters. The van der Waals surface area contributed by atoms with Gasteiger partial charge < -0.3 is 36.8 Å². The Morgan fingerprint density at radius 3 is 1.78 bits per heavy atom. The van der Waals surface area contributed by atoms with Gasteiger partial charge in [-0.15, -0.1) is 6.42 Å². The smallest absolute Gasteiger partial charge is 0.291 e.